The van der Waals surface area contributed by atoms with Gasteiger partial charge in [0.2, 0.25) is 15.9 Å². The molecule has 0 bridgehead atoms. The maximum atomic E-state index is 12.8. The number of hydrogen-bond donors (Lipinski definition) is 1. The van der Waals surface area contributed by atoms with E-state index in [9.17, 15) is 13.2 Å². The number of nitrogens with one attached hydrogen (secondary N) is 1. The van der Waals surface area contributed by atoms with E-state index in [0.717, 1.165) is 10.6 Å². The van der Waals surface area contributed by atoms with Crippen LogP contribution in [0.1, 0.15) is 18.5 Å². The van der Waals surface area contributed by atoms with Crippen LogP contribution in [0.4, 0.5) is 0 Å². The van der Waals surface area contributed by atoms with E-state index in [1.54, 1.807) is 24.3 Å². The van der Waals surface area contributed by atoms with E-state index in [-0.39, 0.29) is 12.6 Å². The lowest BCUT2D eigenvalue weighted by Gasteiger charge is -2.27. The second-order valence-electron chi connectivity index (χ2n) is 6.13. The van der Waals surface area contributed by atoms with Gasteiger partial charge in [-0.2, -0.15) is 4.31 Å². The Morgan fingerprint density at radius 1 is 1.08 bits per heavy atom. The van der Waals surface area contributed by atoms with E-state index in [1.807, 2.05) is 43.3 Å². The summed E-state index contributed by atoms with van der Waals surface area (Å²) in [6.45, 7) is 2.09. The molecular formula is C19H24N2O4S. The molecule has 26 heavy (non-hydrogen) atoms. The fourth-order valence-corrected chi connectivity index (χ4v) is 3.06. The molecule has 140 valence electrons. The van der Waals surface area contributed by atoms with Gasteiger partial charge < -0.3 is 10.1 Å². The van der Waals surface area contributed by atoms with Crippen LogP contribution in [-0.4, -0.2) is 44.6 Å². The fraction of sp³-hybridized carbons (Fsp3) is 0.316. The van der Waals surface area contributed by atoms with Crippen molar-refractivity contribution in [3.05, 3.63) is 66.2 Å². The summed E-state index contributed by atoms with van der Waals surface area (Å²) in [6, 6.07) is 16.9. The Balaban J connectivity index is 2.08. The molecule has 0 spiro atoms. The maximum absolute atomic E-state index is 12.8. The van der Waals surface area contributed by atoms with Crippen molar-refractivity contribution in [3.8, 4) is 5.75 Å². The molecule has 0 aliphatic carbocycles. The van der Waals surface area contributed by atoms with Crippen molar-refractivity contribution in [2.45, 2.75) is 19.0 Å². The van der Waals surface area contributed by atoms with Gasteiger partial charge in [-0.3, -0.25) is 4.79 Å². The van der Waals surface area contributed by atoms with Crippen molar-refractivity contribution in [2.24, 2.45) is 0 Å². The minimum absolute atomic E-state index is 0.278. The van der Waals surface area contributed by atoms with E-state index >= 15 is 0 Å². The van der Waals surface area contributed by atoms with Crippen LogP contribution < -0.4 is 10.1 Å². The molecule has 0 aliphatic rings. The Hall–Kier alpha value is -2.38. The summed E-state index contributed by atoms with van der Waals surface area (Å²) >= 11 is 0. The zero-order valence-corrected chi connectivity index (χ0v) is 15.9. The van der Waals surface area contributed by atoms with Crippen molar-refractivity contribution in [3.63, 3.8) is 0 Å². The summed E-state index contributed by atoms with van der Waals surface area (Å²) in [5, 5.41) is 2.83. The second-order valence-corrected chi connectivity index (χ2v) is 8.17. The Kier molecular flexibility index (Phi) is 6.76. The third-order valence-corrected chi connectivity index (χ3v) is 5.14. The van der Waals surface area contributed by atoms with Crippen LogP contribution in [0.3, 0.4) is 0 Å². The highest BCUT2D eigenvalue weighted by molar-refractivity contribution is 7.88. The summed E-state index contributed by atoms with van der Waals surface area (Å²) in [6.07, 6.45) is 1.08. The van der Waals surface area contributed by atoms with E-state index in [2.05, 4.69) is 5.32 Å². The number of amides is 1. The van der Waals surface area contributed by atoms with E-state index in [4.69, 9.17) is 4.74 Å². The lowest BCUT2D eigenvalue weighted by Crippen LogP contribution is -2.45. The van der Waals surface area contributed by atoms with Gasteiger partial charge in [-0.05, 0) is 24.6 Å². The van der Waals surface area contributed by atoms with Crippen molar-refractivity contribution < 1.29 is 17.9 Å². The number of carbonyl (C=O) groups is 1. The first-order valence-corrected chi connectivity index (χ1v) is 10.1. The monoisotopic (exact) mass is 376 g/mol. The van der Waals surface area contributed by atoms with Crippen molar-refractivity contribution in [2.75, 3.05) is 19.9 Å². The summed E-state index contributed by atoms with van der Waals surface area (Å²) in [5.41, 5.74) is 0.606. The summed E-state index contributed by atoms with van der Waals surface area (Å²) in [7, 11) is -2.14. The number of rotatable bonds is 8. The molecular weight excluding hydrogens is 352 g/mol. The van der Waals surface area contributed by atoms with Crippen molar-refractivity contribution >= 4 is 15.9 Å². The Bertz CT molecular complexity index is 810. The smallest absolute Gasteiger partial charge is 0.243 e. The van der Waals surface area contributed by atoms with Crippen LogP contribution in [0.15, 0.2) is 60.7 Å². The van der Waals surface area contributed by atoms with Crippen LogP contribution in [0.25, 0.3) is 0 Å². The van der Waals surface area contributed by atoms with Gasteiger partial charge in [0.15, 0.2) is 0 Å². The van der Waals surface area contributed by atoms with Gasteiger partial charge in [0, 0.05) is 7.05 Å². The van der Waals surface area contributed by atoms with Gasteiger partial charge in [0.25, 0.3) is 0 Å². The number of para-hydroxylation sites is 1. The highest BCUT2D eigenvalue weighted by atomic mass is 32.2. The molecule has 2 aromatic carbocycles. The molecule has 0 unspecified atom stereocenters. The average molecular weight is 376 g/mol. The fourth-order valence-electron chi connectivity index (χ4n) is 2.45. The number of hydrogen-bond acceptors (Lipinski definition) is 4. The number of benzene rings is 2. The van der Waals surface area contributed by atoms with Crippen LogP contribution >= 0.6 is 0 Å². The molecule has 7 heteroatoms. The standard InChI is InChI=1S/C19H24N2O4S/c1-15(14-25-17-12-8-5-9-13-17)20-19(22)18(21(2)26(3,23)24)16-10-6-4-7-11-16/h4-13,15,18H,14H2,1-3H3,(H,20,22)/t15-,18-/m1/s1. The number of nitrogens with zero attached hydrogens (tertiary/aromatic N) is 1. The normalized spacial score (nSPS) is 13.8. The molecule has 0 fully saturated rings. The van der Waals surface area contributed by atoms with Gasteiger partial charge >= 0.3 is 0 Å². The number of carbonyl (C=O) groups excluding carboxylic acids is 1. The summed E-state index contributed by atoms with van der Waals surface area (Å²) in [4.78, 5) is 12.8. The third kappa shape index (κ3) is 5.57. The molecule has 0 aliphatic heterocycles. The van der Waals surface area contributed by atoms with Crippen LogP contribution in [0.2, 0.25) is 0 Å². The van der Waals surface area contributed by atoms with Crippen LogP contribution in [0.5, 0.6) is 5.75 Å². The Morgan fingerprint density at radius 2 is 1.62 bits per heavy atom. The molecule has 6 nitrogen and oxygen atoms in total. The predicted molar refractivity (Wildman–Crippen MR) is 101 cm³/mol. The molecule has 2 aromatic rings. The minimum Gasteiger partial charge on any atom is -0.491 e. The van der Waals surface area contributed by atoms with Crippen molar-refractivity contribution in [1.82, 2.24) is 9.62 Å². The molecule has 0 heterocycles. The first kappa shape index (κ1) is 19.9. The maximum Gasteiger partial charge on any atom is 0.243 e. The Labute approximate surface area is 154 Å². The topological polar surface area (TPSA) is 75.7 Å². The van der Waals surface area contributed by atoms with E-state index < -0.39 is 22.0 Å². The van der Waals surface area contributed by atoms with E-state index in [0.29, 0.717) is 11.3 Å². The number of likely N-dealkylation sites (N-methyl/N-ethyl adjacent to an activating group) is 1. The van der Waals surface area contributed by atoms with Gasteiger partial charge in [-0.25, -0.2) is 8.42 Å². The molecule has 2 rings (SSSR count). The van der Waals surface area contributed by atoms with Gasteiger partial charge in [0.1, 0.15) is 18.4 Å². The average Bonchev–Trinajstić information content (AvgIpc) is 2.61. The molecule has 0 aromatic heterocycles. The summed E-state index contributed by atoms with van der Waals surface area (Å²) in [5.74, 6) is 0.315. The highest BCUT2D eigenvalue weighted by Gasteiger charge is 2.31. The SMILES string of the molecule is C[C@H](COc1ccccc1)NC(=O)[C@@H](c1ccccc1)N(C)S(C)(=O)=O. The predicted octanol–water partition coefficient (Wildman–Crippen LogP) is 2.20. The quantitative estimate of drug-likeness (QED) is 0.766. The molecule has 1 N–H and O–H groups in total. The molecule has 0 saturated carbocycles. The molecule has 0 saturated heterocycles. The number of ether oxygens (including phenoxy) is 1. The van der Waals surface area contributed by atoms with Crippen molar-refractivity contribution in [1.29, 1.82) is 0 Å². The Morgan fingerprint density at radius 3 is 2.15 bits per heavy atom. The second kappa shape index (κ2) is 8.82. The largest absolute Gasteiger partial charge is 0.491 e. The third-order valence-electron chi connectivity index (χ3n) is 3.88. The first-order chi connectivity index (χ1) is 12.3. The zero-order valence-electron chi connectivity index (χ0n) is 15.1. The molecule has 2 atom stereocenters. The lowest BCUT2D eigenvalue weighted by atomic mass is 10.1. The van der Waals surface area contributed by atoms with Gasteiger partial charge in [0.05, 0.1) is 12.3 Å². The van der Waals surface area contributed by atoms with Gasteiger partial charge in [-0.15, -0.1) is 0 Å². The molecule has 0 radical (unpaired) electrons. The minimum atomic E-state index is -3.55. The summed E-state index contributed by atoms with van der Waals surface area (Å²) < 4.78 is 30.6. The zero-order chi connectivity index (χ0) is 19.2. The highest BCUT2D eigenvalue weighted by Crippen LogP contribution is 2.22. The van der Waals surface area contributed by atoms with Crippen LogP contribution in [0, 0.1) is 0 Å². The first-order valence-electron chi connectivity index (χ1n) is 8.25. The number of sulfonamides is 1. The lowest BCUT2D eigenvalue weighted by molar-refractivity contribution is -0.125. The molecule has 1 amide bonds. The van der Waals surface area contributed by atoms with E-state index in [1.165, 1.54) is 7.05 Å². The van der Waals surface area contributed by atoms with Gasteiger partial charge in [-0.1, -0.05) is 48.5 Å². The van der Waals surface area contributed by atoms with Crippen LogP contribution in [-0.2, 0) is 14.8 Å².